The van der Waals surface area contributed by atoms with Crippen LogP contribution in [0.3, 0.4) is 0 Å². The van der Waals surface area contributed by atoms with E-state index in [1.807, 2.05) is 0 Å². The molecule has 1 atom stereocenters. The van der Waals surface area contributed by atoms with Crippen molar-refractivity contribution in [2.75, 3.05) is 5.32 Å². The van der Waals surface area contributed by atoms with Gasteiger partial charge in [-0.2, -0.15) is 0 Å². The van der Waals surface area contributed by atoms with E-state index >= 15 is 0 Å². The predicted octanol–water partition coefficient (Wildman–Crippen LogP) is 5.07. The summed E-state index contributed by atoms with van der Waals surface area (Å²) in [6, 6.07) is 13.9. The molecule has 0 bridgehead atoms. The zero-order chi connectivity index (χ0) is 19.2. The molecule has 0 saturated carbocycles. The monoisotopic (exact) mass is 423 g/mol. The van der Waals surface area contributed by atoms with Crippen LogP contribution < -0.4 is 10.1 Å². The van der Waals surface area contributed by atoms with Crippen molar-refractivity contribution in [2.45, 2.75) is 24.0 Å². The van der Waals surface area contributed by atoms with Gasteiger partial charge in [-0.15, -0.1) is 10.2 Å². The molecule has 0 fully saturated rings. The smallest absolute Gasteiger partial charge is 0.277 e. The molecule has 9 heteroatoms. The van der Waals surface area contributed by atoms with Crippen LogP contribution in [0, 0.1) is 0 Å². The van der Waals surface area contributed by atoms with Gasteiger partial charge in [-0.05, 0) is 49.4 Å². The second kappa shape index (κ2) is 9.12. The molecule has 1 amide bonds. The normalized spacial score (nSPS) is 11.8. The second-order valence-electron chi connectivity index (χ2n) is 5.46. The molecule has 0 unspecified atom stereocenters. The summed E-state index contributed by atoms with van der Waals surface area (Å²) < 4.78 is 11.1. The third-order valence-electron chi connectivity index (χ3n) is 3.36. The highest BCUT2D eigenvalue weighted by Crippen LogP contribution is 2.24. The topological polar surface area (TPSA) is 77.2 Å². The number of ether oxygens (including phenoxy) is 1. The van der Waals surface area contributed by atoms with E-state index in [1.165, 1.54) is 0 Å². The van der Waals surface area contributed by atoms with Crippen molar-refractivity contribution in [1.29, 1.82) is 0 Å². The van der Waals surface area contributed by atoms with Crippen LogP contribution in [-0.4, -0.2) is 21.4 Å². The predicted molar refractivity (Wildman–Crippen MR) is 105 cm³/mol. The molecule has 6 nitrogen and oxygen atoms in total. The zero-order valence-corrected chi connectivity index (χ0v) is 16.5. The number of hydrogen-bond donors (Lipinski definition) is 1. The van der Waals surface area contributed by atoms with Gasteiger partial charge >= 0.3 is 0 Å². The Morgan fingerprint density at radius 3 is 2.70 bits per heavy atom. The summed E-state index contributed by atoms with van der Waals surface area (Å²) in [6.07, 6.45) is 0. The number of halogens is 2. The van der Waals surface area contributed by atoms with E-state index < -0.39 is 5.25 Å². The number of hydrogen-bond acceptors (Lipinski definition) is 6. The van der Waals surface area contributed by atoms with Crippen LogP contribution in [0.4, 0.5) is 5.69 Å². The van der Waals surface area contributed by atoms with Crippen LogP contribution in [0.25, 0.3) is 0 Å². The second-order valence-corrected chi connectivity index (χ2v) is 7.63. The number of aromatic nitrogens is 2. The molecular weight excluding hydrogens is 409 g/mol. The first-order valence-corrected chi connectivity index (χ1v) is 9.57. The van der Waals surface area contributed by atoms with Crippen LogP contribution >= 0.6 is 35.0 Å². The van der Waals surface area contributed by atoms with Gasteiger partial charge in [0, 0.05) is 15.7 Å². The van der Waals surface area contributed by atoms with Crippen molar-refractivity contribution >= 4 is 46.6 Å². The van der Waals surface area contributed by atoms with Gasteiger partial charge in [-0.3, -0.25) is 4.79 Å². The van der Waals surface area contributed by atoms with Crippen molar-refractivity contribution < 1.29 is 13.9 Å². The van der Waals surface area contributed by atoms with E-state index in [9.17, 15) is 4.79 Å². The van der Waals surface area contributed by atoms with Crippen molar-refractivity contribution in [3.8, 4) is 5.75 Å². The van der Waals surface area contributed by atoms with Crippen molar-refractivity contribution in [3.63, 3.8) is 0 Å². The fourth-order valence-electron chi connectivity index (χ4n) is 2.03. The maximum Gasteiger partial charge on any atom is 0.277 e. The third kappa shape index (κ3) is 5.89. The molecule has 0 aliphatic carbocycles. The van der Waals surface area contributed by atoms with E-state index in [-0.39, 0.29) is 12.5 Å². The summed E-state index contributed by atoms with van der Waals surface area (Å²) in [5.74, 6) is 0.760. The number of amides is 1. The van der Waals surface area contributed by atoms with Gasteiger partial charge < -0.3 is 14.5 Å². The van der Waals surface area contributed by atoms with Gasteiger partial charge in [0.15, 0.2) is 6.61 Å². The van der Waals surface area contributed by atoms with Crippen LogP contribution in [-0.2, 0) is 11.4 Å². The lowest BCUT2D eigenvalue weighted by Gasteiger charge is -2.10. The fourth-order valence-corrected chi connectivity index (χ4v) is 3.05. The molecule has 1 N–H and O–H groups in total. The molecule has 0 aliphatic rings. The van der Waals surface area contributed by atoms with E-state index in [4.69, 9.17) is 32.4 Å². The molecule has 1 aromatic heterocycles. The molecule has 27 heavy (non-hydrogen) atoms. The first-order valence-electron chi connectivity index (χ1n) is 7.93. The van der Waals surface area contributed by atoms with Gasteiger partial charge in [0.05, 0.1) is 5.25 Å². The molecule has 140 valence electrons. The maximum atomic E-state index is 12.3. The molecule has 0 aliphatic heterocycles. The third-order valence-corrected chi connectivity index (χ3v) is 4.78. The van der Waals surface area contributed by atoms with Crippen molar-refractivity contribution in [3.05, 3.63) is 64.5 Å². The van der Waals surface area contributed by atoms with Gasteiger partial charge in [0.2, 0.25) is 5.91 Å². The lowest BCUT2D eigenvalue weighted by atomic mass is 10.3. The number of nitrogens with zero attached hydrogens (tertiary/aromatic N) is 2. The highest BCUT2D eigenvalue weighted by molar-refractivity contribution is 8.00. The Hall–Kier alpha value is -2.22. The van der Waals surface area contributed by atoms with Gasteiger partial charge in [0.1, 0.15) is 5.75 Å². The molecule has 1 heterocycles. The lowest BCUT2D eigenvalue weighted by Crippen LogP contribution is -2.22. The number of carbonyl (C=O) groups excluding carboxylic acids is 1. The van der Waals surface area contributed by atoms with Crippen LogP contribution in [0.1, 0.15) is 12.8 Å². The molecule has 2 aromatic carbocycles. The molecule has 0 spiro atoms. The number of nitrogens with one attached hydrogen (secondary N) is 1. The number of anilines is 1. The number of thioether (sulfide) groups is 1. The quantitative estimate of drug-likeness (QED) is 0.534. The van der Waals surface area contributed by atoms with Crippen LogP contribution in [0.5, 0.6) is 5.75 Å². The Kier molecular flexibility index (Phi) is 6.60. The molecule has 0 radical (unpaired) electrons. The largest absolute Gasteiger partial charge is 0.484 e. The molecular formula is C18H15Cl2N3O3S. The first kappa shape index (κ1) is 19.5. The van der Waals surface area contributed by atoms with Gasteiger partial charge in [0.25, 0.3) is 11.1 Å². The Morgan fingerprint density at radius 1 is 1.19 bits per heavy atom. The minimum Gasteiger partial charge on any atom is -0.484 e. The summed E-state index contributed by atoms with van der Waals surface area (Å²) in [4.78, 5) is 12.3. The van der Waals surface area contributed by atoms with E-state index in [2.05, 4.69) is 15.5 Å². The summed E-state index contributed by atoms with van der Waals surface area (Å²) in [7, 11) is 0. The summed E-state index contributed by atoms with van der Waals surface area (Å²) >= 11 is 12.9. The molecule has 3 aromatic rings. The standard InChI is InChI=1S/C18H15Cl2N3O3S/c1-11(17(24)21-14-4-2-3-13(20)9-14)27-18-23-22-16(26-18)10-25-15-7-5-12(19)6-8-15/h2-9,11H,10H2,1H3,(H,21,24)/t11-/m1/s1. The van der Waals surface area contributed by atoms with E-state index in [0.717, 1.165) is 11.8 Å². The molecule has 3 rings (SSSR count). The Labute approximate surface area is 170 Å². The Balaban J connectivity index is 1.51. The summed E-state index contributed by atoms with van der Waals surface area (Å²) in [6.45, 7) is 1.87. The van der Waals surface area contributed by atoms with E-state index in [0.29, 0.717) is 32.6 Å². The molecule has 0 saturated heterocycles. The maximum absolute atomic E-state index is 12.3. The fraction of sp³-hybridized carbons (Fsp3) is 0.167. The van der Waals surface area contributed by atoms with Gasteiger partial charge in [-0.1, -0.05) is 41.0 Å². The highest BCUT2D eigenvalue weighted by atomic mass is 35.5. The Bertz CT molecular complexity index is 918. The Morgan fingerprint density at radius 2 is 1.96 bits per heavy atom. The highest BCUT2D eigenvalue weighted by Gasteiger charge is 2.18. The zero-order valence-electron chi connectivity index (χ0n) is 14.2. The van der Waals surface area contributed by atoms with Crippen LogP contribution in [0.2, 0.25) is 10.0 Å². The van der Waals surface area contributed by atoms with Gasteiger partial charge in [-0.25, -0.2) is 0 Å². The minimum atomic E-state index is -0.436. The summed E-state index contributed by atoms with van der Waals surface area (Å²) in [5.41, 5.74) is 0.627. The number of benzene rings is 2. The average molecular weight is 424 g/mol. The summed E-state index contributed by atoms with van der Waals surface area (Å²) in [5, 5.41) is 11.7. The lowest BCUT2D eigenvalue weighted by molar-refractivity contribution is -0.115. The van der Waals surface area contributed by atoms with E-state index in [1.54, 1.807) is 55.5 Å². The number of carbonyl (C=O) groups is 1. The average Bonchev–Trinajstić information content (AvgIpc) is 3.08. The first-order chi connectivity index (χ1) is 13.0. The number of rotatable bonds is 7. The SMILES string of the molecule is C[C@@H](Sc1nnc(COc2ccc(Cl)cc2)o1)C(=O)Nc1cccc(Cl)c1. The minimum absolute atomic E-state index is 0.123. The van der Waals surface area contributed by atoms with Crippen molar-refractivity contribution in [1.82, 2.24) is 10.2 Å². The van der Waals surface area contributed by atoms with Crippen molar-refractivity contribution in [2.24, 2.45) is 0 Å². The van der Waals surface area contributed by atoms with Crippen LogP contribution in [0.15, 0.2) is 58.2 Å².